The summed E-state index contributed by atoms with van der Waals surface area (Å²) in [7, 11) is 0. The molecule has 0 spiro atoms. The zero-order chi connectivity index (χ0) is 19.8. The van der Waals surface area contributed by atoms with Crippen LogP contribution in [0.5, 0.6) is 0 Å². The van der Waals surface area contributed by atoms with Crippen LogP contribution in [0.4, 0.5) is 0 Å². The average Bonchev–Trinajstić information content (AvgIpc) is 3.28. The molecule has 6 nitrogen and oxygen atoms in total. The zero-order valence-corrected chi connectivity index (χ0v) is 17.4. The summed E-state index contributed by atoms with van der Waals surface area (Å²) in [6.07, 6.45) is 1.07. The van der Waals surface area contributed by atoms with Crippen LogP contribution in [0.25, 0.3) is 0 Å². The Morgan fingerprint density at radius 1 is 1.14 bits per heavy atom. The molecule has 6 heteroatoms. The van der Waals surface area contributed by atoms with Crippen molar-refractivity contribution in [3.63, 3.8) is 0 Å². The van der Waals surface area contributed by atoms with Crippen LogP contribution in [0.2, 0.25) is 0 Å². The maximum absolute atomic E-state index is 12.7. The molecule has 2 saturated heterocycles. The molecular weight excluding hydrogens is 354 g/mol. The van der Waals surface area contributed by atoms with Crippen molar-refractivity contribution < 1.29 is 14.3 Å². The van der Waals surface area contributed by atoms with E-state index >= 15 is 0 Å². The first-order chi connectivity index (χ1) is 13.7. The Labute approximate surface area is 169 Å². The molecule has 3 rings (SSSR count). The summed E-state index contributed by atoms with van der Waals surface area (Å²) >= 11 is 0. The van der Waals surface area contributed by atoms with Gasteiger partial charge in [0.05, 0.1) is 19.8 Å². The van der Waals surface area contributed by atoms with Crippen LogP contribution in [-0.2, 0) is 16.0 Å². The lowest BCUT2D eigenvalue weighted by Gasteiger charge is -2.37. The van der Waals surface area contributed by atoms with Gasteiger partial charge in [-0.25, -0.2) is 0 Å². The second-order valence-corrected chi connectivity index (χ2v) is 7.71. The van der Waals surface area contributed by atoms with Gasteiger partial charge in [0, 0.05) is 50.3 Å². The van der Waals surface area contributed by atoms with E-state index in [1.807, 2.05) is 12.1 Å². The molecular formula is C22H35N3O3. The number of carbonyl (C=O) groups excluding carboxylic acids is 1. The highest BCUT2D eigenvalue weighted by molar-refractivity contribution is 5.94. The highest BCUT2D eigenvalue weighted by atomic mass is 16.5. The molecule has 28 heavy (non-hydrogen) atoms. The summed E-state index contributed by atoms with van der Waals surface area (Å²) in [6.45, 7) is 13.0. The fourth-order valence-electron chi connectivity index (χ4n) is 4.13. The van der Waals surface area contributed by atoms with Crippen LogP contribution in [0.3, 0.4) is 0 Å². The third kappa shape index (κ3) is 5.77. The van der Waals surface area contributed by atoms with Crippen molar-refractivity contribution in [3.8, 4) is 0 Å². The first-order valence-corrected chi connectivity index (χ1v) is 10.7. The van der Waals surface area contributed by atoms with Gasteiger partial charge in [0.1, 0.15) is 0 Å². The summed E-state index contributed by atoms with van der Waals surface area (Å²) in [5.74, 6) is 0.487. The number of nitrogens with zero attached hydrogens (tertiary/aromatic N) is 2. The van der Waals surface area contributed by atoms with Crippen LogP contribution in [-0.4, -0.2) is 80.9 Å². The fraction of sp³-hybridized carbons (Fsp3) is 0.682. The van der Waals surface area contributed by atoms with Gasteiger partial charge in [0.15, 0.2) is 0 Å². The summed E-state index contributed by atoms with van der Waals surface area (Å²) in [5.41, 5.74) is 1.97. The molecule has 2 aliphatic heterocycles. The number of hydrogen-bond donors (Lipinski definition) is 1. The molecule has 1 aromatic rings. The van der Waals surface area contributed by atoms with Gasteiger partial charge in [-0.2, -0.15) is 0 Å². The number of rotatable bonds is 9. The Kier molecular flexibility index (Phi) is 8.27. The zero-order valence-electron chi connectivity index (χ0n) is 17.4. The maximum atomic E-state index is 12.7. The number of hydrogen-bond acceptors (Lipinski definition) is 5. The maximum Gasteiger partial charge on any atom is 0.251 e. The van der Waals surface area contributed by atoms with E-state index in [1.54, 1.807) is 0 Å². The molecule has 0 saturated carbocycles. The molecule has 0 bridgehead atoms. The molecule has 0 aliphatic carbocycles. The van der Waals surface area contributed by atoms with Crippen molar-refractivity contribution in [1.29, 1.82) is 0 Å². The molecule has 0 radical (unpaired) electrons. The van der Waals surface area contributed by atoms with E-state index in [0.717, 1.165) is 71.1 Å². The highest BCUT2D eigenvalue weighted by Crippen LogP contribution is 2.22. The number of nitrogens with one attached hydrogen (secondary N) is 1. The summed E-state index contributed by atoms with van der Waals surface area (Å²) in [4.78, 5) is 17.5. The molecule has 2 aliphatic rings. The molecule has 0 aromatic heterocycles. The van der Waals surface area contributed by atoms with Crippen molar-refractivity contribution in [1.82, 2.24) is 15.1 Å². The molecule has 156 valence electrons. The van der Waals surface area contributed by atoms with Gasteiger partial charge in [0.25, 0.3) is 5.91 Å². The van der Waals surface area contributed by atoms with E-state index in [-0.39, 0.29) is 5.91 Å². The summed E-state index contributed by atoms with van der Waals surface area (Å²) in [5, 5.41) is 3.17. The second-order valence-electron chi connectivity index (χ2n) is 7.71. The Hall–Kier alpha value is -1.47. The smallest absolute Gasteiger partial charge is 0.251 e. The molecule has 2 fully saturated rings. The van der Waals surface area contributed by atoms with E-state index in [0.29, 0.717) is 18.5 Å². The molecule has 2 heterocycles. The van der Waals surface area contributed by atoms with E-state index in [4.69, 9.17) is 9.47 Å². The Morgan fingerprint density at radius 3 is 2.46 bits per heavy atom. The molecule has 2 unspecified atom stereocenters. The standard InChI is InChI=1S/C22H35N3O3/c1-3-24(4-2)16-18-5-7-19(8-6-18)22(26)23-15-21(20-9-12-28-17-20)25-10-13-27-14-11-25/h5-8,20-21H,3-4,9-17H2,1-2H3,(H,23,26). The SMILES string of the molecule is CCN(CC)Cc1ccc(C(=O)NCC(C2CCOC2)N2CCOCC2)cc1. The minimum Gasteiger partial charge on any atom is -0.381 e. The predicted octanol–water partition coefficient (Wildman–Crippen LogP) is 2.00. The lowest BCUT2D eigenvalue weighted by molar-refractivity contribution is 0.00166. The lowest BCUT2D eigenvalue weighted by Crippen LogP contribution is -2.52. The fourth-order valence-corrected chi connectivity index (χ4v) is 4.13. The third-order valence-electron chi connectivity index (χ3n) is 6.01. The normalized spacial score (nSPS) is 21.8. The van der Waals surface area contributed by atoms with E-state index in [1.165, 1.54) is 5.56 Å². The molecule has 1 aromatic carbocycles. The lowest BCUT2D eigenvalue weighted by atomic mass is 9.96. The molecule has 1 N–H and O–H groups in total. The number of amides is 1. The van der Waals surface area contributed by atoms with E-state index in [9.17, 15) is 4.79 Å². The van der Waals surface area contributed by atoms with Gasteiger partial charge in [-0.05, 0) is 37.2 Å². The van der Waals surface area contributed by atoms with Gasteiger partial charge in [0.2, 0.25) is 0 Å². The minimum absolute atomic E-state index is 0.00608. The number of ether oxygens (including phenoxy) is 2. The van der Waals surface area contributed by atoms with E-state index < -0.39 is 0 Å². The van der Waals surface area contributed by atoms with Gasteiger partial charge >= 0.3 is 0 Å². The van der Waals surface area contributed by atoms with Crippen LogP contribution in [0.15, 0.2) is 24.3 Å². The Morgan fingerprint density at radius 2 is 1.86 bits per heavy atom. The Bertz CT molecular complexity index is 592. The topological polar surface area (TPSA) is 54.0 Å². The van der Waals surface area contributed by atoms with Crippen molar-refractivity contribution in [2.75, 3.05) is 59.2 Å². The summed E-state index contributed by atoms with van der Waals surface area (Å²) in [6, 6.07) is 8.33. The van der Waals surface area contributed by atoms with Gasteiger partial charge in [-0.15, -0.1) is 0 Å². The number of carbonyl (C=O) groups is 1. The van der Waals surface area contributed by atoms with Gasteiger partial charge < -0.3 is 14.8 Å². The van der Waals surface area contributed by atoms with E-state index in [2.05, 4.69) is 41.1 Å². The van der Waals surface area contributed by atoms with Crippen LogP contribution >= 0.6 is 0 Å². The predicted molar refractivity (Wildman–Crippen MR) is 111 cm³/mol. The van der Waals surface area contributed by atoms with Crippen LogP contribution in [0.1, 0.15) is 36.2 Å². The monoisotopic (exact) mass is 389 g/mol. The Balaban J connectivity index is 1.56. The van der Waals surface area contributed by atoms with Crippen molar-refractivity contribution in [2.24, 2.45) is 5.92 Å². The first kappa shape index (κ1) is 21.2. The average molecular weight is 390 g/mol. The van der Waals surface area contributed by atoms with Crippen molar-refractivity contribution in [2.45, 2.75) is 32.9 Å². The molecule has 1 amide bonds. The van der Waals surface area contributed by atoms with Gasteiger partial charge in [-0.3, -0.25) is 14.6 Å². The van der Waals surface area contributed by atoms with Crippen molar-refractivity contribution >= 4 is 5.91 Å². The van der Waals surface area contributed by atoms with Crippen molar-refractivity contribution in [3.05, 3.63) is 35.4 Å². The summed E-state index contributed by atoms with van der Waals surface area (Å²) < 4.78 is 11.1. The molecule has 2 atom stereocenters. The quantitative estimate of drug-likeness (QED) is 0.700. The second kappa shape index (κ2) is 10.9. The number of benzene rings is 1. The highest BCUT2D eigenvalue weighted by Gasteiger charge is 2.31. The number of morpholine rings is 1. The van der Waals surface area contributed by atoms with Crippen LogP contribution < -0.4 is 5.32 Å². The largest absolute Gasteiger partial charge is 0.381 e. The van der Waals surface area contributed by atoms with Gasteiger partial charge in [-0.1, -0.05) is 26.0 Å². The van der Waals surface area contributed by atoms with Crippen LogP contribution in [0, 0.1) is 5.92 Å². The third-order valence-corrected chi connectivity index (χ3v) is 6.01. The first-order valence-electron chi connectivity index (χ1n) is 10.7. The minimum atomic E-state index is 0.00608.